The van der Waals surface area contributed by atoms with Crippen molar-refractivity contribution >= 4 is 11.6 Å². The Morgan fingerprint density at radius 3 is 2.87 bits per heavy atom. The van der Waals surface area contributed by atoms with Gasteiger partial charge in [0.05, 0.1) is 12.3 Å². The molecule has 1 saturated heterocycles. The maximum absolute atomic E-state index is 14.0. The Kier molecular flexibility index (Phi) is 6.30. The largest absolute Gasteiger partial charge is 0.477 e. The quantitative estimate of drug-likeness (QED) is 0.538. The predicted octanol–water partition coefficient (Wildman–Crippen LogP) is 3.09. The number of hydrogen-bond donors (Lipinski definition) is 2. The van der Waals surface area contributed by atoms with Crippen LogP contribution in [0.5, 0.6) is 5.88 Å². The molecule has 1 atom stereocenters. The minimum Gasteiger partial charge on any atom is -0.477 e. The summed E-state index contributed by atoms with van der Waals surface area (Å²) in [5, 5.41) is 6.69. The summed E-state index contributed by atoms with van der Waals surface area (Å²) < 4.78 is 32.9. The molecule has 0 radical (unpaired) electrons. The van der Waals surface area contributed by atoms with E-state index in [1.54, 1.807) is 13.2 Å². The van der Waals surface area contributed by atoms with Crippen LogP contribution in [-0.4, -0.2) is 43.7 Å². The van der Waals surface area contributed by atoms with E-state index in [0.29, 0.717) is 43.1 Å². The Morgan fingerprint density at radius 2 is 2.10 bits per heavy atom. The number of aromatic nitrogens is 1. The second-order valence-electron chi connectivity index (χ2n) is 7.85. The van der Waals surface area contributed by atoms with Crippen molar-refractivity contribution in [2.75, 3.05) is 31.6 Å². The number of pyridine rings is 1. The van der Waals surface area contributed by atoms with Gasteiger partial charge in [0.1, 0.15) is 11.6 Å². The standard InChI is InChI=1S/C22H27F2N5O/c1-25-22(27-12-16-6-8-26-21(10-16)30-14-15-2-3-15)28-18-7-9-29(13-18)20-5-4-17(23)11-19(20)24/h4-6,8,10-11,15,18H,2-3,7,9,12-14H2,1H3,(H2,25,27,28). The first-order valence-corrected chi connectivity index (χ1v) is 10.4. The van der Waals surface area contributed by atoms with E-state index in [1.165, 1.54) is 25.0 Å². The van der Waals surface area contributed by atoms with Gasteiger partial charge in [0.2, 0.25) is 5.88 Å². The highest BCUT2D eigenvalue weighted by Crippen LogP contribution is 2.29. The second-order valence-corrected chi connectivity index (χ2v) is 7.85. The van der Waals surface area contributed by atoms with Crippen LogP contribution in [0.1, 0.15) is 24.8 Å². The monoisotopic (exact) mass is 415 g/mol. The number of rotatable bonds is 7. The van der Waals surface area contributed by atoms with Crippen molar-refractivity contribution in [3.63, 3.8) is 0 Å². The molecule has 1 aromatic heterocycles. The lowest BCUT2D eigenvalue weighted by Crippen LogP contribution is -2.44. The number of hydrogen-bond acceptors (Lipinski definition) is 4. The number of guanidine groups is 1. The molecule has 0 amide bonds. The number of nitrogens with one attached hydrogen (secondary N) is 2. The lowest BCUT2D eigenvalue weighted by atomic mass is 10.2. The van der Waals surface area contributed by atoms with Crippen LogP contribution in [0.2, 0.25) is 0 Å². The molecule has 0 spiro atoms. The molecule has 2 N–H and O–H groups in total. The number of halogens is 2. The van der Waals surface area contributed by atoms with Gasteiger partial charge in [-0.25, -0.2) is 13.8 Å². The van der Waals surface area contributed by atoms with Crippen LogP contribution in [0, 0.1) is 17.6 Å². The zero-order valence-electron chi connectivity index (χ0n) is 17.1. The van der Waals surface area contributed by atoms with Gasteiger partial charge in [0, 0.05) is 51.1 Å². The lowest BCUT2D eigenvalue weighted by Gasteiger charge is -2.21. The SMILES string of the molecule is CN=C(NCc1ccnc(OCC2CC2)c1)NC1CCN(c2ccc(F)cc2F)C1. The third kappa shape index (κ3) is 5.37. The zero-order chi connectivity index (χ0) is 20.9. The Labute approximate surface area is 175 Å². The summed E-state index contributed by atoms with van der Waals surface area (Å²) in [6.07, 6.45) is 5.08. The summed E-state index contributed by atoms with van der Waals surface area (Å²) in [4.78, 5) is 10.5. The number of anilines is 1. The summed E-state index contributed by atoms with van der Waals surface area (Å²) in [7, 11) is 1.72. The van der Waals surface area contributed by atoms with Gasteiger partial charge in [-0.2, -0.15) is 0 Å². The van der Waals surface area contributed by atoms with Crippen LogP contribution in [0.15, 0.2) is 41.5 Å². The van der Waals surface area contributed by atoms with Crippen molar-refractivity contribution in [1.82, 2.24) is 15.6 Å². The van der Waals surface area contributed by atoms with E-state index in [9.17, 15) is 8.78 Å². The maximum Gasteiger partial charge on any atom is 0.213 e. The highest BCUT2D eigenvalue weighted by molar-refractivity contribution is 5.80. The first-order valence-electron chi connectivity index (χ1n) is 10.4. The van der Waals surface area contributed by atoms with Crippen molar-refractivity contribution < 1.29 is 13.5 Å². The molecule has 1 saturated carbocycles. The average Bonchev–Trinajstić information content (AvgIpc) is 3.47. The molecular weight excluding hydrogens is 388 g/mol. The van der Waals surface area contributed by atoms with Gasteiger partial charge >= 0.3 is 0 Å². The van der Waals surface area contributed by atoms with Crippen LogP contribution >= 0.6 is 0 Å². The fraction of sp³-hybridized carbons (Fsp3) is 0.455. The van der Waals surface area contributed by atoms with Gasteiger partial charge in [-0.05, 0) is 48.9 Å². The fourth-order valence-corrected chi connectivity index (χ4v) is 3.54. The molecule has 1 aromatic carbocycles. The molecule has 6 nitrogen and oxygen atoms in total. The van der Waals surface area contributed by atoms with Crippen LogP contribution in [-0.2, 0) is 6.54 Å². The number of ether oxygens (including phenoxy) is 1. The normalized spacial score (nSPS) is 19.1. The van der Waals surface area contributed by atoms with Crippen molar-refractivity contribution in [1.29, 1.82) is 0 Å². The molecule has 1 aliphatic heterocycles. The van der Waals surface area contributed by atoms with Crippen molar-refractivity contribution in [2.45, 2.75) is 31.8 Å². The fourth-order valence-electron chi connectivity index (χ4n) is 3.54. The van der Waals surface area contributed by atoms with Crippen LogP contribution in [0.25, 0.3) is 0 Å². The van der Waals surface area contributed by atoms with Gasteiger partial charge in [0.25, 0.3) is 0 Å². The molecule has 160 valence electrons. The van der Waals surface area contributed by atoms with E-state index in [2.05, 4.69) is 20.6 Å². The minimum atomic E-state index is -0.563. The van der Waals surface area contributed by atoms with Crippen LogP contribution in [0.4, 0.5) is 14.5 Å². The third-order valence-electron chi connectivity index (χ3n) is 5.43. The lowest BCUT2D eigenvalue weighted by molar-refractivity contribution is 0.288. The molecule has 2 aromatic rings. The highest BCUT2D eigenvalue weighted by atomic mass is 19.1. The highest BCUT2D eigenvalue weighted by Gasteiger charge is 2.25. The van der Waals surface area contributed by atoms with E-state index in [-0.39, 0.29) is 6.04 Å². The summed E-state index contributed by atoms with van der Waals surface area (Å²) in [6, 6.07) is 7.71. The first-order chi connectivity index (χ1) is 14.6. The van der Waals surface area contributed by atoms with Crippen LogP contribution in [0.3, 0.4) is 0 Å². The topological polar surface area (TPSA) is 61.8 Å². The average molecular weight is 415 g/mol. The van der Waals surface area contributed by atoms with E-state index >= 15 is 0 Å². The zero-order valence-corrected chi connectivity index (χ0v) is 17.1. The second kappa shape index (κ2) is 9.28. The molecule has 30 heavy (non-hydrogen) atoms. The van der Waals surface area contributed by atoms with E-state index in [4.69, 9.17) is 4.74 Å². The predicted molar refractivity (Wildman–Crippen MR) is 113 cm³/mol. The van der Waals surface area contributed by atoms with E-state index < -0.39 is 11.6 Å². The Hall–Kier alpha value is -2.90. The molecule has 0 bridgehead atoms. The Balaban J connectivity index is 1.27. The van der Waals surface area contributed by atoms with Gasteiger partial charge in [-0.15, -0.1) is 0 Å². The summed E-state index contributed by atoms with van der Waals surface area (Å²) in [5.74, 6) is 0.920. The smallest absolute Gasteiger partial charge is 0.213 e. The van der Waals surface area contributed by atoms with Gasteiger partial charge in [0.15, 0.2) is 5.96 Å². The molecule has 2 fully saturated rings. The molecule has 2 heterocycles. The molecule has 1 aliphatic carbocycles. The van der Waals surface area contributed by atoms with Gasteiger partial charge in [-0.1, -0.05) is 0 Å². The summed E-state index contributed by atoms with van der Waals surface area (Å²) in [5.41, 5.74) is 1.49. The Morgan fingerprint density at radius 1 is 1.23 bits per heavy atom. The molecule has 8 heteroatoms. The third-order valence-corrected chi connectivity index (χ3v) is 5.43. The van der Waals surface area contributed by atoms with Crippen molar-refractivity contribution in [3.8, 4) is 5.88 Å². The number of aliphatic imine (C=N–C) groups is 1. The maximum atomic E-state index is 14.0. The van der Waals surface area contributed by atoms with E-state index in [0.717, 1.165) is 24.7 Å². The van der Waals surface area contributed by atoms with Crippen molar-refractivity contribution in [2.24, 2.45) is 10.9 Å². The number of benzene rings is 1. The summed E-state index contributed by atoms with van der Waals surface area (Å²) in [6.45, 7) is 2.64. The molecule has 1 unspecified atom stereocenters. The molecule has 2 aliphatic rings. The first kappa shape index (κ1) is 20.4. The molecule has 4 rings (SSSR count). The van der Waals surface area contributed by atoms with Gasteiger partial charge < -0.3 is 20.3 Å². The Bertz CT molecular complexity index is 903. The van der Waals surface area contributed by atoms with E-state index in [1.807, 2.05) is 17.0 Å². The van der Waals surface area contributed by atoms with Crippen LogP contribution < -0.4 is 20.3 Å². The van der Waals surface area contributed by atoms with Crippen molar-refractivity contribution in [3.05, 3.63) is 53.7 Å². The summed E-state index contributed by atoms with van der Waals surface area (Å²) >= 11 is 0. The minimum absolute atomic E-state index is 0.121. The number of nitrogens with zero attached hydrogens (tertiary/aromatic N) is 3. The molecular formula is C22H27F2N5O. The van der Waals surface area contributed by atoms with Gasteiger partial charge in [-0.3, -0.25) is 4.99 Å².